The monoisotopic (exact) mass is 338 g/mol. The van der Waals surface area contributed by atoms with Crippen molar-refractivity contribution in [3.63, 3.8) is 0 Å². The molecule has 1 amide bonds. The van der Waals surface area contributed by atoms with Crippen molar-refractivity contribution in [2.45, 2.75) is 12.6 Å². The van der Waals surface area contributed by atoms with Gasteiger partial charge in [-0.15, -0.1) is 0 Å². The summed E-state index contributed by atoms with van der Waals surface area (Å²) >= 11 is 0. The third-order valence-corrected chi connectivity index (χ3v) is 3.32. The summed E-state index contributed by atoms with van der Waals surface area (Å²) in [5.41, 5.74) is 10.8. The predicted molar refractivity (Wildman–Crippen MR) is 84.0 cm³/mol. The number of carboxylic acid groups (broad SMARTS) is 1. The van der Waals surface area contributed by atoms with Gasteiger partial charge in [0.25, 0.3) is 5.56 Å². The van der Waals surface area contributed by atoms with Crippen molar-refractivity contribution in [3.05, 3.63) is 22.6 Å². The molecule has 11 heteroatoms. The van der Waals surface area contributed by atoms with Crippen LogP contribution in [0.5, 0.6) is 0 Å². The summed E-state index contributed by atoms with van der Waals surface area (Å²) in [6.07, 6.45) is 1.48. The minimum Gasteiger partial charge on any atom is -0.480 e. The zero-order valence-corrected chi connectivity index (χ0v) is 12.7. The molecule has 1 atom stereocenters. The van der Waals surface area contributed by atoms with E-state index in [9.17, 15) is 14.4 Å². The van der Waals surface area contributed by atoms with Gasteiger partial charge in [-0.05, 0) is 6.07 Å². The van der Waals surface area contributed by atoms with E-state index in [-0.39, 0.29) is 36.7 Å². The molecule has 0 aliphatic rings. The molecular formula is C13H18N6O5. The molecule has 7 N–H and O–H groups in total. The van der Waals surface area contributed by atoms with Gasteiger partial charge in [-0.2, -0.15) is 4.98 Å². The van der Waals surface area contributed by atoms with Crippen molar-refractivity contribution in [3.8, 4) is 0 Å². The smallest absolute Gasteiger partial charge is 0.323 e. The lowest BCUT2D eigenvalue weighted by atomic mass is 10.3. The number of hydrogen-bond donors (Lipinski definition) is 5. The van der Waals surface area contributed by atoms with Crippen LogP contribution < -0.4 is 17.0 Å². The van der Waals surface area contributed by atoms with Crippen LogP contribution in [0.4, 0.5) is 5.95 Å². The molecule has 0 aromatic carbocycles. The molecule has 2 aromatic heterocycles. The van der Waals surface area contributed by atoms with Crippen LogP contribution in [0.2, 0.25) is 0 Å². The summed E-state index contributed by atoms with van der Waals surface area (Å²) < 4.78 is 1.39. The van der Waals surface area contributed by atoms with Crippen LogP contribution in [-0.4, -0.2) is 67.3 Å². The molecule has 2 heterocycles. The number of nitrogen functional groups attached to an aromatic ring is 1. The topological polar surface area (TPSA) is 181 Å². The summed E-state index contributed by atoms with van der Waals surface area (Å²) in [5.74, 6) is -1.84. The van der Waals surface area contributed by atoms with Gasteiger partial charge >= 0.3 is 5.97 Å². The molecule has 2 aromatic rings. The average Bonchev–Trinajstić information content (AvgIpc) is 2.89. The second kappa shape index (κ2) is 7.10. The van der Waals surface area contributed by atoms with Gasteiger partial charge in [-0.25, -0.2) is 0 Å². The van der Waals surface area contributed by atoms with E-state index in [1.807, 2.05) is 0 Å². The van der Waals surface area contributed by atoms with Gasteiger partial charge in [0.15, 0.2) is 0 Å². The van der Waals surface area contributed by atoms with Gasteiger partial charge in [-0.1, -0.05) is 0 Å². The lowest BCUT2D eigenvalue weighted by molar-refractivity contribution is -0.145. The first kappa shape index (κ1) is 17.4. The van der Waals surface area contributed by atoms with Crippen LogP contribution in [0.25, 0.3) is 11.0 Å². The number of aromatic nitrogens is 3. The van der Waals surface area contributed by atoms with Crippen LogP contribution in [0.1, 0.15) is 0 Å². The van der Waals surface area contributed by atoms with E-state index in [0.717, 1.165) is 4.90 Å². The minimum atomic E-state index is -1.20. The number of aromatic amines is 1. The Morgan fingerprint density at radius 2 is 2.17 bits per heavy atom. The number of fused-ring (bicyclic) bond motifs is 1. The molecule has 0 saturated heterocycles. The maximum Gasteiger partial charge on any atom is 0.323 e. The molecule has 0 aliphatic heterocycles. The number of rotatable bonds is 7. The number of aliphatic hydroxyl groups is 1. The zero-order valence-electron chi connectivity index (χ0n) is 12.7. The van der Waals surface area contributed by atoms with E-state index in [1.165, 1.54) is 16.8 Å². The van der Waals surface area contributed by atoms with Crippen molar-refractivity contribution >= 4 is 28.9 Å². The molecular weight excluding hydrogens is 320 g/mol. The molecule has 24 heavy (non-hydrogen) atoms. The molecule has 11 nitrogen and oxygen atoms in total. The SMILES string of the molecule is Nc1nc2c(ccn2CC(=O)N(CC(=O)O)C[C@@H](N)CO)c(=O)[nH]1. The number of amides is 1. The fourth-order valence-electron chi connectivity index (χ4n) is 2.22. The number of aliphatic carboxylic acids is 1. The maximum absolute atomic E-state index is 12.4. The molecule has 0 fully saturated rings. The number of nitrogens with two attached hydrogens (primary N) is 2. The van der Waals surface area contributed by atoms with Crippen LogP contribution >= 0.6 is 0 Å². The summed E-state index contributed by atoms with van der Waals surface area (Å²) in [5, 5.41) is 18.1. The van der Waals surface area contributed by atoms with Crippen LogP contribution in [-0.2, 0) is 16.1 Å². The van der Waals surface area contributed by atoms with Crippen LogP contribution in [0.15, 0.2) is 17.1 Å². The fraction of sp³-hybridized carbons (Fsp3) is 0.385. The van der Waals surface area contributed by atoms with Gasteiger partial charge in [0.2, 0.25) is 11.9 Å². The Morgan fingerprint density at radius 1 is 1.46 bits per heavy atom. The Kier molecular flexibility index (Phi) is 5.16. The highest BCUT2D eigenvalue weighted by Crippen LogP contribution is 2.10. The van der Waals surface area contributed by atoms with Gasteiger partial charge in [0.05, 0.1) is 12.0 Å². The van der Waals surface area contributed by atoms with Gasteiger partial charge in [0, 0.05) is 18.8 Å². The fourth-order valence-corrected chi connectivity index (χ4v) is 2.22. The zero-order chi connectivity index (χ0) is 17.9. The van der Waals surface area contributed by atoms with Crippen molar-refractivity contribution < 1.29 is 19.8 Å². The highest BCUT2D eigenvalue weighted by molar-refractivity contribution is 5.83. The number of carbonyl (C=O) groups is 2. The number of H-pyrrole nitrogens is 1. The number of carbonyl (C=O) groups excluding carboxylic acids is 1. The first-order chi connectivity index (χ1) is 11.3. The minimum absolute atomic E-state index is 0.0930. The van der Waals surface area contributed by atoms with Gasteiger partial charge in [-0.3, -0.25) is 19.4 Å². The molecule has 130 valence electrons. The number of carboxylic acids is 1. The third kappa shape index (κ3) is 3.88. The number of aliphatic hydroxyl groups excluding tert-OH is 1. The van der Waals surface area contributed by atoms with Crippen LogP contribution in [0.3, 0.4) is 0 Å². The van der Waals surface area contributed by atoms with E-state index >= 15 is 0 Å². The molecule has 2 rings (SSSR count). The maximum atomic E-state index is 12.4. The van der Waals surface area contributed by atoms with Crippen molar-refractivity contribution in [1.29, 1.82) is 0 Å². The predicted octanol–water partition coefficient (Wildman–Crippen LogP) is -2.46. The lowest BCUT2D eigenvalue weighted by Crippen LogP contribution is -2.46. The number of nitrogens with zero attached hydrogens (tertiary/aromatic N) is 3. The number of hydrogen-bond acceptors (Lipinski definition) is 7. The molecule has 0 saturated carbocycles. The van der Waals surface area contributed by atoms with Crippen molar-refractivity contribution in [2.75, 3.05) is 25.4 Å². The summed E-state index contributed by atoms with van der Waals surface area (Å²) in [7, 11) is 0. The lowest BCUT2D eigenvalue weighted by Gasteiger charge is -2.23. The highest BCUT2D eigenvalue weighted by Gasteiger charge is 2.20. The second-order valence-electron chi connectivity index (χ2n) is 5.24. The number of anilines is 1. The molecule has 0 spiro atoms. The Balaban J connectivity index is 2.26. The largest absolute Gasteiger partial charge is 0.480 e. The first-order valence-electron chi connectivity index (χ1n) is 7.02. The summed E-state index contributed by atoms with van der Waals surface area (Å²) in [6.45, 7) is -1.30. The third-order valence-electron chi connectivity index (χ3n) is 3.32. The second-order valence-corrected chi connectivity index (χ2v) is 5.24. The Bertz CT molecular complexity index is 813. The Hall–Kier alpha value is -2.92. The first-order valence-corrected chi connectivity index (χ1v) is 7.02. The Labute approximate surface area is 135 Å². The van der Waals surface area contributed by atoms with E-state index in [0.29, 0.717) is 0 Å². The van der Waals surface area contributed by atoms with Gasteiger partial charge < -0.3 is 31.1 Å². The van der Waals surface area contributed by atoms with Gasteiger partial charge in [0.1, 0.15) is 18.7 Å². The van der Waals surface area contributed by atoms with Crippen molar-refractivity contribution in [2.24, 2.45) is 5.73 Å². The summed E-state index contributed by atoms with van der Waals surface area (Å²) in [6, 6.07) is 0.723. The van der Waals surface area contributed by atoms with E-state index in [1.54, 1.807) is 0 Å². The standard InChI is InChI=1S/C13H18N6O5/c14-7(6-20)3-19(5-10(22)23)9(21)4-18-2-1-8-11(18)16-13(15)17-12(8)24/h1-2,7,20H,3-6,14H2,(H,22,23)(H3,15,16,17,24)/t7-/m1/s1. The van der Waals surface area contributed by atoms with E-state index in [2.05, 4.69) is 9.97 Å². The van der Waals surface area contributed by atoms with Crippen LogP contribution in [0, 0.1) is 0 Å². The van der Waals surface area contributed by atoms with E-state index in [4.69, 9.17) is 21.7 Å². The molecule has 0 bridgehead atoms. The molecule has 0 aliphatic carbocycles. The average molecular weight is 338 g/mol. The Morgan fingerprint density at radius 3 is 2.79 bits per heavy atom. The normalized spacial score (nSPS) is 12.2. The molecule has 0 radical (unpaired) electrons. The quantitative estimate of drug-likeness (QED) is 0.368. The van der Waals surface area contributed by atoms with E-state index < -0.39 is 30.0 Å². The molecule has 0 unspecified atom stereocenters. The summed E-state index contributed by atoms with van der Waals surface area (Å²) in [4.78, 5) is 42.4. The van der Waals surface area contributed by atoms with Crippen molar-refractivity contribution in [1.82, 2.24) is 19.4 Å². The number of nitrogens with one attached hydrogen (secondary N) is 1. The highest BCUT2D eigenvalue weighted by atomic mass is 16.4.